The third kappa shape index (κ3) is 4.69. The first kappa shape index (κ1) is 27.8. The van der Waals surface area contributed by atoms with Crippen molar-refractivity contribution in [3.05, 3.63) is 71.3 Å². The normalized spacial score (nSPS) is 17.9. The molecule has 4 aromatic rings. The molecule has 1 aromatic carbocycles. The molecule has 1 aliphatic heterocycles. The highest BCUT2D eigenvalue weighted by molar-refractivity contribution is 5.95. The number of anilines is 1. The van der Waals surface area contributed by atoms with Crippen molar-refractivity contribution in [3.8, 4) is 22.8 Å². The van der Waals surface area contributed by atoms with E-state index in [4.69, 9.17) is 15.2 Å². The van der Waals surface area contributed by atoms with E-state index in [0.29, 0.717) is 11.8 Å². The van der Waals surface area contributed by atoms with E-state index in [9.17, 15) is 32.3 Å². The predicted octanol–water partition coefficient (Wildman–Crippen LogP) is 3.16. The van der Waals surface area contributed by atoms with E-state index in [-0.39, 0.29) is 46.3 Å². The second kappa shape index (κ2) is 9.73. The Balaban J connectivity index is 1.57. The number of methoxy groups -OCH3 is 1. The van der Waals surface area contributed by atoms with Gasteiger partial charge in [-0.05, 0) is 43.3 Å². The Bertz CT molecular complexity index is 1670. The Hall–Kier alpha value is -4.72. The third-order valence-corrected chi connectivity index (χ3v) is 6.92. The van der Waals surface area contributed by atoms with Gasteiger partial charge in [0.1, 0.15) is 47.2 Å². The summed E-state index contributed by atoms with van der Waals surface area (Å²) in [6.07, 6.45) is -3.57. The highest BCUT2D eigenvalue weighted by Gasteiger charge is 2.57. The molecule has 0 spiro atoms. The lowest BCUT2D eigenvalue weighted by molar-refractivity contribution is -0.265. The molecule has 5 rings (SSSR count). The van der Waals surface area contributed by atoms with Crippen LogP contribution in [-0.4, -0.2) is 58.3 Å². The third-order valence-electron chi connectivity index (χ3n) is 6.92. The number of nitrogens with two attached hydrogens (primary N) is 1. The van der Waals surface area contributed by atoms with Gasteiger partial charge in [0, 0.05) is 23.4 Å². The number of rotatable bonds is 7. The highest BCUT2D eigenvalue weighted by atomic mass is 19.4. The van der Waals surface area contributed by atoms with E-state index in [1.54, 1.807) is 0 Å². The largest absolute Gasteiger partial charge is 0.494 e. The molecule has 1 amide bonds. The number of carbonyl (C=O) groups excluding carboxylic acids is 2. The number of aromatic nitrogens is 3. The second-order valence-electron chi connectivity index (χ2n) is 9.80. The van der Waals surface area contributed by atoms with Gasteiger partial charge < -0.3 is 30.4 Å². The Labute approximate surface area is 229 Å². The average Bonchev–Trinajstić information content (AvgIpc) is 3.49. The van der Waals surface area contributed by atoms with Crippen LogP contribution in [0.3, 0.4) is 0 Å². The molecule has 0 saturated heterocycles. The van der Waals surface area contributed by atoms with E-state index in [2.05, 4.69) is 15.4 Å². The van der Waals surface area contributed by atoms with Gasteiger partial charge in [0.25, 0.3) is 5.91 Å². The number of ether oxygens (including phenoxy) is 2. The molecule has 41 heavy (non-hydrogen) atoms. The van der Waals surface area contributed by atoms with Crippen molar-refractivity contribution in [2.45, 2.75) is 24.1 Å². The van der Waals surface area contributed by atoms with Crippen LogP contribution in [0.4, 0.5) is 23.4 Å². The van der Waals surface area contributed by atoms with Crippen LogP contribution in [0.2, 0.25) is 0 Å². The lowest BCUT2D eigenvalue weighted by Gasteiger charge is -2.31. The number of aldehydes is 1. The molecule has 1 unspecified atom stereocenters. The molecule has 0 bridgehead atoms. The zero-order chi connectivity index (χ0) is 29.7. The zero-order valence-corrected chi connectivity index (χ0v) is 21.6. The molecule has 0 aliphatic carbocycles. The fraction of sp³-hybridized carbons (Fsp3) is 0.259. The number of alkyl halides is 3. The molecule has 4 N–H and O–H groups in total. The Morgan fingerprint density at radius 3 is 2.61 bits per heavy atom. The van der Waals surface area contributed by atoms with Crippen molar-refractivity contribution >= 4 is 23.5 Å². The van der Waals surface area contributed by atoms with Gasteiger partial charge in [-0.2, -0.15) is 18.3 Å². The van der Waals surface area contributed by atoms with E-state index < -0.39 is 41.2 Å². The minimum atomic E-state index is -5.34. The molecule has 3 aromatic heterocycles. The molecule has 1 aliphatic rings. The Morgan fingerprint density at radius 2 is 1.98 bits per heavy atom. The number of nitrogen functional groups attached to an aromatic ring is 1. The number of benzene rings is 1. The van der Waals surface area contributed by atoms with Crippen molar-refractivity contribution in [2.75, 3.05) is 26.0 Å². The number of carbonyl (C=O) groups is 2. The van der Waals surface area contributed by atoms with Gasteiger partial charge >= 0.3 is 6.18 Å². The Kier molecular flexibility index (Phi) is 6.60. The van der Waals surface area contributed by atoms with Gasteiger partial charge in [-0.1, -0.05) is 0 Å². The van der Waals surface area contributed by atoms with Crippen molar-refractivity contribution in [3.63, 3.8) is 0 Å². The van der Waals surface area contributed by atoms with E-state index in [1.165, 1.54) is 49.0 Å². The van der Waals surface area contributed by atoms with Crippen LogP contribution in [0.15, 0.2) is 48.7 Å². The van der Waals surface area contributed by atoms with Crippen LogP contribution in [0.5, 0.6) is 11.5 Å². The first-order valence-corrected chi connectivity index (χ1v) is 12.1. The first-order chi connectivity index (χ1) is 19.3. The summed E-state index contributed by atoms with van der Waals surface area (Å²) in [5.41, 5.74) is 0.143. The fourth-order valence-corrected chi connectivity index (χ4v) is 4.53. The number of aliphatic hydroxyl groups is 1. The predicted molar refractivity (Wildman–Crippen MR) is 137 cm³/mol. The molecule has 0 radical (unpaired) electrons. The molecule has 2 atom stereocenters. The van der Waals surface area contributed by atoms with Crippen LogP contribution in [-0.2, 0) is 15.8 Å². The minimum Gasteiger partial charge on any atom is -0.494 e. The Morgan fingerprint density at radius 1 is 1.27 bits per heavy atom. The van der Waals surface area contributed by atoms with Crippen LogP contribution < -0.4 is 20.5 Å². The topological polar surface area (TPSA) is 141 Å². The summed E-state index contributed by atoms with van der Waals surface area (Å²) >= 11 is 0. The standard InChI is InChI=1S/C27H23F4N5O5/c1-25(12-37)13-41-23-17(25)8-20(34-22(23)14-3-5-16(28)6-4-14)26(39,27(29,30)31)11-33-24(38)15-7-19(40-2)18-9-21(32)35-36(18)10-15/h3-10,12,39H,11,13H2,1-2H3,(H2,32,35)(H,33,38)/t25-,26?/m0/s1. The number of hydrogen-bond donors (Lipinski definition) is 3. The number of halogens is 4. The van der Waals surface area contributed by atoms with Crippen molar-refractivity contribution in [1.82, 2.24) is 19.9 Å². The van der Waals surface area contributed by atoms with Crippen molar-refractivity contribution in [1.29, 1.82) is 0 Å². The fourth-order valence-electron chi connectivity index (χ4n) is 4.53. The summed E-state index contributed by atoms with van der Waals surface area (Å²) in [6, 6.07) is 8.43. The van der Waals surface area contributed by atoms with Gasteiger partial charge in [0.2, 0.25) is 5.60 Å². The van der Waals surface area contributed by atoms with Gasteiger partial charge in [-0.25, -0.2) is 13.9 Å². The van der Waals surface area contributed by atoms with Gasteiger partial charge in [0.05, 0.1) is 30.3 Å². The lowest BCUT2D eigenvalue weighted by atomic mass is 9.83. The number of hydrogen-bond acceptors (Lipinski definition) is 8. The van der Waals surface area contributed by atoms with Crippen LogP contribution in [0.1, 0.15) is 28.5 Å². The smallest absolute Gasteiger partial charge is 0.424 e. The number of fused-ring (bicyclic) bond motifs is 2. The molecule has 0 fully saturated rings. The average molecular weight is 574 g/mol. The maximum absolute atomic E-state index is 14.5. The molecular formula is C27H23F4N5O5. The molecule has 0 saturated carbocycles. The zero-order valence-electron chi connectivity index (χ0n) is 21.6. The number of nitrogens with zero attached hydrogens (tertiary/aromatic N) is 3. The molecule has 10 nitrogen and oxygen atoms in total. The summed E-state index contributed by atoms with van der Waals surface area (Å²) in [6.45, 7) is -0.0666. The van der Waals surface area contributed by atoms with E-state index in [0.717, 1.165) is 18.2 Å². The number of nitrogens with one attached hydrogen (secondary N) is 1. The van der Waals surface area contributed by atoms with Crippen LogP contribution in [0, 0.1) is 5.82 Å². The van der Waals surface area contributed by atoms with Crippen molar-refractivity contribution < 1.29 is 41.7 Å². The highest BCUT2D eigenvalue weighted by Crippen LogP contribution is 2.47. The maximum Gasteiger partial charge on any atom is 0.424 e. The molecule has 4 heterocycles. The SMILES string of the molecule is COc1cc(C(=O)NCC(O)(c2cc3c(c(-c4ccc(F)cc4)n2)OC[C@]3(C)C=O)C(F)(F)F)cn2nc(N)cc12. The maximum atomic E-state index is 14.5. The van der Waals surface area contributed by atoms with Crippen LogP contribution >= 0.6 is 0 Å². The van der Waals surface area contributed by atoms with Crippen molar-refractivity contribution in [2.24, 2.45) is 0 Å². The first-order valence-electron chi connectivity index (χ1n) is 12.1. The summed E-state index contributed by atoms with van der Waals surface area (Å²) < 4.78 is 69.3. The monoisotopic (exact) mass is 573 g/mol. The van der Waals surface area contributed by atoms with Crippen LogP contribution in [0.25, 0.3) is 16.8 Å². The van der Waals surface area contributed by atoms with E-state index >= 15 is 0 Å². The van der Waals surface area contributed by atoms with Gasteiger partial charge in [-0.15, -0.1) is 0 Å². The van der Waals surface area contributed by atoms with Gasteiger partial charge in [0.15, 0.2) is 0 Å². The molecule has 14 heteroatoms. The second-order valence-corrected chi connectivity index (χ2v) is 9.80. The summed E-state index contributed by atoms with van der Waals surface area (Å²) in [5, 5.41) is 17.2. The minimum absolute atomic E-state index is 0.0300. The lowest BCUT2D eigenvalue weighted by Crippen LogP contribution is -2.51. The molecule has 214 valence electrons. The summed E-state index contributed by atoms with van der Waals surface area (Å²) in [7, 11) is 1.33. The molecular weight excluding hydrogens is 550 g/mol. The van der Waals surface area contributed by atoms with E-state index in [1.807, 2.05) is 0 Å². The summed E-state index contributed by atoms with van der Waals surface area (Å²) in [5.74, 6) is -1.24. The quantitative estimate of drug-likeness (QED) is 0.226. The summed E-state index contributed by atoms with van der Waals surface area (Å²) in [4.78, 5) is 29.0. The number of amides is 1. The number of pyridine rings is 2. The van der Waals surface area contributed by atoms with Gasteiger partial charge in [-0.3, -0.25) is 4.79 Å².